The van der Waals surface area contributed by atoms with Crippen molar-refractivity contribution < 1.29 is 28.3 Å². The van der Waals surface area contributed by atoms with Crippen LogP contribution in [0.2, 0.25) is 0 Å². The third-order valence-electron chi connectivity index (χ3n) is 4.40. The first-order valence-corrected chi connectivity index (χ1v) is 8.52. The van der Waals surface area contributed by atoms with Crippen LogP contribution in [0.5, 0.6) is 0 Å². The molecule has 0 bridgehead atoms. The fraction of sp³-hybridized carbons (Fsp3) is 0.444. The van der Waals surface area contributed by atoms with Gasteiger partial charge in [-0.1, -0.05) is 19.1 Å². The number of carbonyl (C=O) groups excluding carboxylic acids is 4. The maximum atomic E-state index is 12.8. The van der Waals surface area contributed by atoms with E-state index in [1.807, 2.05) is 0 Å². The Kier molecular flexibility index (Phi) is 6.14. The van der Waals surface area contributed by atoms with Crippen LogP contribution in [0.25, 0.3) is 0 Å². The van der Waals surface area contributed by atoms with Crippen LogP contribution in [0, 0.1) is 5.82 Å². The maximum Gasteiger partial charge on any atom is 0.327 e. The van der Waals surface area contributed by atoms with Gasteiger partial charge in [0.15, 0.2) is 6.10 Å². The van der Waals surface area contributed by atoms with Gasteiger partial charge < -0.3 is 15.4 Å². The van der Waals surface area contributed by atoms with Gasteiger partial charge in [0.05, 0.1) is 0 Å². The number of imide groups is 1. The molecule has 2 N–H and O–H groups in total. The average molecular weight is 379 g/mol. The summed E-state index contributed by atoms with van der Waals surface area (Å²) in [7, 11) is 0. The van der Waals surface area contributed by atoms with E-state index in [4.69, 9.17) is 4.74 Å². The third-order valence-corrected chi connectivity index (χ3v) is 4.40. The second-order valence-electron chi connectivity index (χ2n) is 6.48. The van der Waals surface area contributed by atoms with Gasteiger partial charge in [-0.3, -0.25) is 19.3 Å². The van der Waals surface area contributed by atoms with Gasteiger partial charge in [-0.25, -0.2) is 9.18 Å². The summed E-state index contributed by atoms with van der Waals surface area (Å²) < 4.78 is 17.8. The van der Waals surface area contributed by atoms with Crippen LogP contribution in [-0.2, 0) is 25.7 Å². The van der Waals surface area contributed by atoms with Crippen molar-refractivity contribution in [2.24, 2.45) is 0 Å². The van der Waals surface area contributed by atoms with Crippen molar-refractivity contribution >= 4 is 23.8 Å². The Balaban J connectivity index is 1.84. The molecule has 1 heterocycles. The van der Waals surface area contributed by atoms with Crippen molar-refractivity contribution in [1.82, 2.24) is 15.5 Å². The van der Waals surface area contributed by atoms with Crippen LogP contribution in [0.4, 0.5) is 9.18 Å². The van der Waals surface area contributed by atoms with Gasteiger partial charge in [0.25, 0.3) is 11.8 Å². The molecule has 1 aliphatic rings. The van der Waals surface area contributed by atoms with Crippen molar-refractivity contribution in [2.45, 2.75) is 45.4 Å². The Morgan fingerprint density at radius 3 is 2.48 bits per heavy atom. The standard InChI is InChI=1S/C18H22FN3O5/c1-4-18(3)16(25)22(17(26)21-18)10-14(23)27-11(2)15(24)20-9-12-5-7-13(19)8-6-12/h5-8,11H,4,9-10H2,1-3H3,(H,20,24)(H,21,26)/t11-,18-/m0/s1. The van der Waals surface area contributed by atoms with Gasteiger partial charge in [0.1, 0.15) is 17.9 Å². The number of halogens is 1. The molecule has 146 valence electrons. The summed E-state index contributed by atoms with van der Waals surface area (Å²) in [6.07, 6.45) is -0.734. The van der Waals surface area contributed by atoms with Crippen molar-refractivity contribution in [1.29, 1.82) is 0 Å². The smallest absolute Gasteiger partial charge is 0.327 e. The fourth-order valence-corrected chi connectivity index (χ4v) is 2.48. The lowest BCUT2D eigenvalue weighted by molar-refractivity contribution is -0.156. The van der Waals surface area contributed by atoms with E-state index in [2.05, 4.69) is 10.6 Å². The van der Waals surface area contributed by atoms with Crippen molar-refractivity contribution in [3.63, 3.8) is 0 Å². The van der Waals surface area contributed by atoms with Gasteiger partial charge in [-0.2, -0.15) is 0 Å². The number of hydrogen-bond donors (Lipinski definition) is 2. The van der Waals surface area contributed by atoms with Gasteiger partial charge in [0, 0.05) is 6.54 Å². The number of esters is 1. The summed E-state index contributed by atoms with van der Waals surface area (Å²) in [4.78, 5) is 48.9. The lowest BCUT2D eigenvalue weighted by Crippen LogP contribution is -2.44. The van der Waals surface area contributed by atoms with Crippen LogP contribution < -0.4 is 10.6 Å². The van der Waals surface area contributed by atoms with Crippen molar-refractivity contribution in [3.8, 4) is 0 Å². The molecule has 0 spiro atoms. The SMILES string of the molecule is CC[C@]1(C)NC(=O)N(CC(=O)O[C@@H](C)C(=O)NCc2ccc(F)cc2)C1=O. The molecule has 1 fully saturated rings. The van der Waals surface area contributed by atoms with Crippen LogP contribution in [0.15, 0.2) is 24.3 Å². The second-order valence-corrected chi connectivity index (χ2v) is 6.48. The number of urea groups is 1. The Bertz CT molecular complexity index is 752. The van der Waals surface area contributed by atoms with Crippen LogP contribution in [0.3, 0.4) is 0 Å². The van der Waals surface area contributed by atoms with E-state index < -0.39 is 42.0 Å². The highest BCUT2D eigenvalue weighted by Crippen LogP contribution is 2.20. The summed E-state index contributed by atoms with van der Waals surface area (Å²) >= 11 is 0. The van der Waals surface area contributed by atoms with Crippen molar-refractivity contribution in [3.05, 3.63) is 35.6 Å². The highest BCUT2D eigenvalue weighted by molar-refractivity contribution is 6.08. The van der Waals surface area contributed by atoms with Gasteiger partial charge in [-0.05, 0) is 38.0 Å². The highest BCUT2D eigenvalue weighted by atomic mass is 19.1. The average Bonchev–Trinajstić information content (AvgIpc) is 2.84. The molecule has 1 aliphatic heterocycles. The van der Waals surface area contributed by atoms with E-state index in [0.29, 0.717) is 12.0 Å². The molecule has 0 aliphatic carbocycles. The Morgan fingerprint density at radius 2 is 1.93 bits per heavy atom. The van der Waals surface area contributed by atoms with E-state index in [1.165, 1.54) is 31.2 Å². The zero-order chi connectivity index (χ0) is 20.2. The number of hydrogen-bond acceptors (Lipinski definition) is 5. The first kappa shape index (κ1) is 20.3. The highest BCUT2D eigenvalue weighted by Gasteiger charge is 2.47. The summed E-state index contributed by atoms with van der Waals surface area (Å²) in [6, 6.07) is 4.92. The molecule has 27 heavy (non-hydrogen) atoms. The van der Waals surface area contributed by atoms with E-state index in [0.717, 1.165) is 4.90 Å². The Morgan fingerprint density at radius 1 is 1.30 bits per heavy atom. The van der Waals surface area contributed by atoms with Gasteiger partial charge in [0.2, 0.25) is 0 Å². The minimum atomic E-state index is -1.11. The number of carbonyl (C=O) groups is 4. The van der Waals surface area contributed by atoms with E-state index in [9.17, 15) is 23.6 Å². The second kappa shape index (κ2) is 8.15. The molecular weight excluding hydrogens is 357 g/mol. The minimum absolute atomic E-state index is 0.142. The molecule has 1 aromatic carbocycles. The molecule has 8 nitrogen and oxygen atoms in total. The summed E-state index contributed by atoms with van der Waals surface area (Å²) in [5.41, 5.74) is -0.364. The predicted octanol–water partition coefficient (Wildman–Crippen LogP) is 1.09. The molecule has 1 aromatic rings. The first-order valence-electron chi connectivity index (χ1n) is 8.52. The van der Waals surface area contributed by atoms with Crippen LogP contribution >= 0.6 is 0 Å². The minimum Gasteiger partial charge on any atom is -0.451 e. The molecule has 0 radical (unpaired) electrons. The largest absolute Gasteiger partial charge is 0.451 e. The van der Waals surface area contributed by atoms with Crippen LogP contribution in [-0.4, -0.2) is 46.9 Å². The zero-order valence-corrected chi connectivity index (χ0v) is 15.4. The molecule has 0 saturated carbocycles. The first-order chi connectivity index (χ1) is 12.7. The molecule has 9 heteroatoms. The maximum absolute atomic E-state index is 12.8. The summed E-state index contributed by atoms with van der Waals surface area (Å²) in [5, 5.41) is 5.09. The third kappa shape index (κ3) is 4.81. The number of benzene rings is 1. The lowest BCUT2D eigenvalue weighted by atomic mass is 9.99. The van der Waals surface area contributed by atoms with Gasteiger partial charge in [-0.15, -0.1) is 0 Å². The molecular formula is C18H22FN3O5. The molecule has 4 amide bonds. The monoisotopic (exact) mass is 379 g/mol. The summed E-state index contributed by atoms with van der Waals surface area (Å²) in [5.74, 6) is -2.32. The normalized spacial score (nSPS) is 20.2. The van der Waals surface area contributed by atoms with Crippen LogP contribution in [0.1, 0.15) is 32.8 Å². The lowest BCUT2D eigenvalue weighted by Gasteiger charge is -2.19. The number of nitrogens with one attached hydrogen (secondary N) is 2. The van der Waals surface area contributed by atoms with Gasteiger partial charge >= 0.3 is 12.0 Å². The molecule has 0 unspecified atom stereocenters. The molecule has 2 atom stereocenters. The number of rotatable bonds is 7. The summed E-state index contributed by atoms with van der Waals surface area (Å²) in [6.45, 7) is 4.26. The predicted molar refractivity (Wildman–Crippen MR) is 92.7 cm³/mol. The van der Waals surface area contributed by atoms with E-state index in [1.54, 1.807) is 13.8 Å². The Labute approximate surface area is 156 Å². The van der Waals surface area contributed by atoms with E-state index in [-0.39, 0.29) is 12.4 Å². The fourth-order valence-electron chi connectivity index (χ4n) is 2.48. The number of ether oxygens (including phenoxy) is 1. The Hall–Kier alpha value is -2.97. The molecule has 0 aromatic heterocycles. The number of amides is 4. The topological polar surface area (TPSA) is 105 Å². The molecule has 2 rings (SSSR count). The quantitative estimate of drug-likeness (QED) is 0.545. The van der Waals surface area contributed by atoms with E-state index >= 15 is 0 Å². The zero-order valence-electron chi connectivity index (χ0n) is 15.4. The van der Waals surface area contributed by atoms with Crippen molar-refractivity contribution in [2.75, 3.05) is 6.54 Å². The number of nitrogens with zero attached hydrogens (tertiary/aromatic N) is 1. The molecule has 1 saturated heterocycles.